The zero-order valence-electron chi connectivity index (χ0n) is 12.3. The fourth-order valence-electron chi connectivity index (χ4n) is 3.30. The largest absolute Gasteiger partial charge is 0.267 e. The number of quaternary nitrogens is 1. The molecule has 0 saturated heterocycles. The van der Waals surface area contributed by atoms with Gasteiger partial charge in [0, 0.05) is 18.6 Å². The number of hydrogen-bond acceptors (Lipinski definition) is 0. The summed E-state index contributed by atoms with van der Waals surface area (Å²) >= 11 is 0. The van der Waals surface area contributed by atoms with Gasteiger partial charge in [-0.15, -0.1) is 0 Å². The molecule has 1 heterocycles. The molecule has 0 unspecified atom stereocenters. The molecular weight excluding hydrogens is 230 g/mol. The van der Waals surface area contributed by atoms with Crippen LogP contribution in [0.25, 0.3) is 16.3 Å². The van der Waals surface area contributed by atoms with Crippen molar-refractivity contribution in [1.82, 2.24) is 4.48 Å². The minimum atomic E-state index is 0.898. The first-order valence-electron chi connectivity index (χ1n) is 7.14. The van der Waals surface area contributed by atoms with Gasteiger partial charge < -0.3 is 0 Å². The maximum Gasteiger partial charge on any atom is 0.145 e. The Kier molecular flexibility index (Phi) is 2.75. The van der Waals surface area contributed by atoms with Crippen molar-refractivity contribution in [2.24, 2.45) is 0 Å². The molecule has 1 aliphatic rings. The molecule has 0 N–H and O–H groups in total. The van der Waals surface area contributed by atoms with E-state index in [2.05, 4.69) is 64.3 Å². The maximum absolute atomic E-state index is 2.31. The second-order valence-electron chi connectivity index (χ2n) is 5.95. The number of nitrogens with zero attached hydrogens (tertiary/aromatic N) is 1. The molecule has 1 heteroatoms. The molecular formula is C18H22N+. The van der Waals surface area contributed by atoms with Gasteiger partial charge in [0.2, 0.25) is 0 Å². The molecule has 0 saturated carbocycles. The lowest BCUT2D eigenvalue weighted by atomic mass is 9.95. The van der Waals surface area contributed by atoms with Crippen LogP contribution in [0, 0.1) is 0 Å². The maximum atomic E-state index is 2.31. The van der Waals surface area contributed by atoms with Crippen LogP contribution in [0.4, 0.5) is 5.69 Å². The van der Waals surface area contributed by atoms with E-state index in [9.17, 15) is 0 Å². The van der Waals surface area contributed by atoms with Crippen molar-refractivity contribution in [2.45, 2.75) is 26.7 Å². The highest BCUT2D eigenvalue weighted by Crippen LogP contribution is 2.47. The second kappa shape index (κ2) is 4.21. The van der Waals surface area contributed by atoms with Gasteiger partial charge in [-0.3, -0.25) is 4.48 Å². The van der Waals surface area contributed by atoms with Crippen LogP contribution in [0.5, 0.6) is 0 Å². The molecule has 2 aromatic carbocycles. The number of hydrogen-bond donors (Lipinski definition) is 0. The van der Waals surface area contributed by atoms with Gasteiger partial charge in [0.15, 0.2) is 0 Å². The van der Waals surface area contributed by atoms with E-state index >= 15 is 0 Å². The normalized spacial score (nSPS) is 17.1. The molecule has 1 aliphatic heterocycles. The Balaban J connectivity index is 2.39. The molecule has 0 bridgehead atoms. The van der Waals surface area contributed by atoms with Gasteiger partial charge in [0.25, 0.3) is 0 Å². The fraction of sp³-hybridized carbons (Fsp3) is 0.333. The Labute approximate surface area is 115 Å². The third-order valence-electron chi connectivity index (χ3n) is 4.59. The molecule has 98 valence electrons. The van der Waals surface area contributed by atoms with Gasteiger partial charge in [-0.1, -0.05) is 37.6 Å². The first kappa shape index (κ1) is 12.4. The fourth-order valence-corrected chi connectivity index (χ4v) is 3.30. The highest BCUT2D eigenvalue weighted by Gasteiger charge is 2.37. The van der Waals surface area contributed by atoms with Gasteiger partial charge in [0.1, 0.15) is 11.4 Å². The predicted octanol–water partition coefficient (Wildman–Crippen LogP) is 4.95. The number of allylic oxidation sites excluding steroid dienone is 2. The lowest BCUT2D eigenvalue weighted by molar-refractivity contribution is 0.506. The summed E-state index contributed by atoms with van der Waals surface area (Å²) in [4.78, 5) is 0. The SMILES string of the molecule is CCCC1=C(C)[N+](C)(C)c2ccc3ccccc3c21. The Morgan fingerprint density at radius 1 is 1.00 bits per heavy atom. The van der Waals surface area contributed by atoms with Crippen LogP contribution in [0.2, 0.25) is 0 Å². The summed E-state index contributed by atoms with van der Waals surface area (Å²) in [6.07, 6.45) is 2.38. The van der Waals surface area contributed by atoms with Gasteiger partial charge >= 0.3 is 0 Å². The minimum absolute atomic E-state index is 0.898. The molecule has 3 rings (SSSR count). The third kappa shape index (κ3) is 1.65. The quantitative estimate of drug-likeness (QED) is 0.663. The van der Waals surface area contributed by atoms with E-state index in [1.807, 2.05) is 0 Å². The first-order chi connectivity index (χ1) is 9.07. The number of fused-ring (bicyclic) bond motifs is 3. The topological polar surface area (TPSA) is 0 Å². The van der Waals surface area contributed by atoms with Crippen molar-refractivity contribution in [1.29, 1.82) is 0 Å². The van der Waals surface area contributed by atoms with E-state index < -0.39 is 0 Å². The van der Waals surface area contributed by atoms with Crippen LogP contribution in [0.15, 0.2) is 42.1 Å². The second-order valence-corrected chi connectivity index (χ2v) is 5.95. The molecule has 0 aromatic heterocycles. The van der Waals surface area contributed by atoms with Crippen molar-refractivity contribution in [3.05, 3.63) is 47.7 Å². The van der Waals surface area contributed by atoms with Crippen molar-refractivity contribution in [3.63, 3.8) is 0 Å². The number of benzene rings is 2. The molecule has 19 heavy (non-hydrogen) atoms. The summed E-state index contributed by atoms with van der Waals surface area (Å²) in [5.41, 5.74) is 5.98. The first-order valence-corrected chi connectivity index (χ1v) is 7.14. The van der Waals surface area contributed by atoms with E-state index in [1.54, 1.807) is 5.57 Å². The zero-order chi connectivity index (χ0) is 13.6. The zero-order valence-corrected chi connectivity index (χ0v) is 12.3. The van der Waals surface area contributed by atoms with E-state index in [0.717, 1.165) is 4.48 Å². The number of rotatable bonds is 2. The van der Waals surface area contributed by atoms with E-state index in [0.29, 0.717) is 0 Å². The van der Waals surface area contributed by atoms with Gasteiger partial charge in [0.05, 0.1) is 19.7 Å². The van der Waals surface area contributed by atoms with Crippen LogP contribution < -0.4 is 4.48 Å². The molecule has 0 amide bonds. The monoisotopic (exact) mass is 252 g/mol. The molecule has 0 atom stereocenters. The standard InChI is InChI=1S/C18H22N/c1-5-8-15-13(2)19(3,4)17-12-11-14-9-6-7-10-16(14)18(15)17/h6-7,9-12H,5,8H2,1-4H3/q+1. The van der Waals surface area contributed by atoms with Crippen LogP contribution in [-0.4, -0.2) is 14.1 Å². The molecule has 0 aliphatic carbocycles. The Hall–Kier alpha value is -1.60. The summed E-state index contributed by atoms with van der Waals surface area (Å²) in [5, 5.41) is 2.76. The summed E-state index contributed by atoms with van der Waals surface area (Å²) in [6.45, 7) is 4.56. The Morgan fingerprint density at radius 2 is 1.74 bits per heavy atom. The Morgan fingerprint density at radius 3 is 2.47 bits per heavy atom. The molecule has 0 radical (unpaired) electrons. The predicted molar refractivity (Wildman–Crippen MR) is 85.1 cm³/mol. The molecule has 2 aromatic rings. The van der Waals surface area contributed by atoms with Gasteiger partial charge in [-0.05, 0) is 23.3 Å². The lowest BCUT2D eigenvalue weighted by Gasteiger charge is -2.26. The van der Waals surface area contributed by atoms with Crippen LogP contribution in [0.3, 0.4) is 0 Å². The summed E-state index contributed by atoms with van der Waals surface area (Å²) in [6, 6.07) is 13.3. The average Bonchev–Trinajstić information content (AvgIpc) is 2.61. The van der Waals surface area contributed by atoms with E-state index in [4.69, 9.17) is 0 Å². The summed E-state index contributed by atoms with van der Waals surface area (Å²) in [5.74, 6) is 0. The van der Waals surface area contributed by atoms with Gasteiger partial charge in [-0.25, -0.2) is 0 Å². The average molecular weight is 252 g/mol. The van der Waals surface area contributed by atoms with Crippen molar-refractivity contribution in [2.75, 3.05) is 14.1 Å². The highest BCUT2D eigenvalue weighted by atomic mass is 15.3. The molecule has 0 fully saturated rings. The molecule has 0 spiro atoms. The summed E-state index contributed by atoms with van der Waals surface area (Å²) < 4.78 is 0.898. The van der Waals surface area contributed by atoms with Crippen molar-refractivity contribution in [3.8, 4) is 0 Å². The summed E-state index contributed by atoms with van der Waals surface area (Å²) in [7, 11) is 4.59. The van der Waals surface area contributed by atoms with Gasteiger partial charge in [-0.2, -0.15) is 0 Å². The van der Waals surface area contributed by atoms with Crippen molar-refractivity contribution < 1.29 is 0 Å². The van der Waals surface area contributed by atoms with Crippen molar-refractivity contribution >= 4 is 22.0 Å². The smallest absolute Gasteiger partial charge is 0.145 e. The third-order valence-corrected chi connectivity index (χ3v) is 4.59. The lowest BCUT2D eigenvalue weighted by Crippen LogP contribution is -2.36. The van der Waals surface area contributed by atoms with Crippen LogP contribution in [-0.2, 0) is 0 Å². The Bertz CT molecular complexity index is 677. The molecule has 1 nitrogen and oxygen atoms in total. The van der Waals surface area contributed by atoms with E-state index in [-0.39, 0.29) is 0 Å². The van der Waals surface area contributed by atoms with E-state index in [1.165, 1.54) is 40.6 Å². The van der Waals surface area contributed by atoms with Crippen LogP contribution in [0.1, 0.15) is 32.3 Å². The highest BCUT2D eigenvalue weighted by molar-refractivity contribution is 6.02. The van der Waals surface area contributed by atoms with Crippen LogP contribution >= 0.6 is 0 Å². The minimum Gasteiger partial charge on any atom is -0.267 e.